The van der Waals surface area contributed by atoms with E-state index in [0.29, 0.717) is 0 Å². The van der Waals surface area contributed by atoms with E-state index in [0.717, 1.165) is 41.5 Å². The molecule has 0 rings (SSSR count). The first-order valence-corrected chi connectivity index (χ1v) is 9.75. The molecule has 15 heteroatoms. The molecule has 0 aromatic carbocycles. The summed E-state index contributed by atoms with van der Waals surface area (Å²) in [6.45, 7) is 3.90. The molecule has 0 fully saturated rings. The Kier molecular flexibility index (Phi) is 12.8. The van der Waals surface area contributed by atoms with E-state index in [-0.39, 0.29) is 0 Å². The summed E-state index contributed by atoms with van der Waals surface area (Å²) in [7, 11) is 0. The molecule has 0 aromatic heterocycles. The van der Waals surface area contributed by atoms with Gasteiger partial charge in [0.2, 0.25) is 12.6 Å². The molecule has 0 radical (unpaired) electrons. The van der Waals surface area contributed by atoms with Crippen molar-refractivity contribution in [2.75, 3.05) is 13.2 Å². The first-order valence-electron chi connectivity index (χ1n) is 9.75. The van der Waals surface area contributed by atoms with Crippen LogP contribution in [0.4, 0.5) is 0 Å². The van der Waals surface area contributed by atoms with Gasteiger partial charge >= 0.3 is 35.8 Å². The van der Waals surface area contributed by atoms with Crippen LogP contribution in [0.2, 0.25) is 0 Å². The molecular formula is C19H27NO14. The standard InChI is InChI=1S/C19H27NO14/c1-9(21)29-8-16(31-11(3)23)18(33-13(5)25)19(34-14(6)26)17(32-12(4)24)15(7-20(27)28)30-10(2)22/h15-19H,7-8H2,1-6H3/t15-,16-,17+,18+,19+/m1/s1. The van der Waals surface area contributed by atoms with E-state index in [9.17, 15) is 38.9 Å². The molecule has 0 bridgehead atoms. The first kappa shape index (κ1) is 30.2. The Morgan fingerprint density at radius 1 is 0.588 bits per heavy atom. The molecule has 0 aromatic rings. The molecule has 0 spiro atoms. The van der Waals surface area contributed by atoms with Gasteiger partial charge in [0.1, 0.15) is 6.61 Å². The quantitative estimate of drug-likeness (QED) is 0.137. The minimum absolute atomic E-state index is 0.703. The van der Waals surface area contributed by atoms with Crippen LogP contribution in [0, 0.1) is 10.1 Å². The van der Waals surface area contributed by atoms with Gasteiger partial charge in [-0.25, -0.2) is 0 Å². The van der Waals surface area contributed by atoms with Crippen LogP contribution >= 0.6 is 0 Å². The molecule has 5 atom stereocenters. The highest BCUT2D eigenvalue weighted by Crippen LogP contribution is 2.23. The van der Waals surface area contributed by atoms with E-state index in [2.05, 4.69) is 0 Å². The third-order valence-corrected chi connectivity index (χ3v) is 3.70. The van der Waals surface area contributed by atoms with Crippen molar-refractivity contribution < 1.29 is 62.1 Å². The average Bonchev–Trinajstić information content (AvgIpc) is 2.64. The molecule has 192 valence electrons. The number of ether oxygens (including phenoxy) is 6. The molecule has 0 amide bonds. The molecular weight excluding hydrogens is 466 g/mol. The smallest absolute Gasteiger partial charge is 0.303 e. The Morgan fingerprint density at radius 2 is 0.941 bits per heavy atom. The van der Waals surface area contributed by atoms with Gasteiger partial charge in [-0.2, -0.15) is 0 Å². The second-order valence-electron chi connectivity index (χ2n) is 6.84. The summed E-state index contributed by atoms with van der Waals surface area (Å²) >= 11 is 0. The predicted molar refractivity (Wildman–Crippen MR) is 106 cm³/mol. The van der Waals surface area contributed by atoms with Gasteiger partial charge in [-0.05, 0) is 0 Å². The van der Waals surface area contributed by atoms with Gasteiger partial charge in [-0.15, -0.1) is 0 Å². The minimum Gasteiger partial charge on any atom is -0.462 e. The van der Waals surface area contributed by atoms with Gasteiger partial charge in [0, 0.05) is 46.5 Å². The molecule has 0 saturated carbocycles. The maximum atomic E-state index is 11.9. The fraction of sp³-hybridized carbons (Fsp3) is 0.684. The van der Waals surface area contributed by atoms with Crippen LogP contribution in [0.3, 0.4) is 0 Å². The molecule has 0 aliphatic rings. The van der Waals surface area contributed by atoms with E-state index in [1.54, 1.807) is 0 Å². The van der Waals surface area contributed by atoms with Gasteiger partial charge in [0.05, 0.1) is 0 Å². The molecule has 0 saturated heterocycles. The lowest BCUT2D eigenvalue weighted by Gasteiger charge is -2.36. The summed E-state index contributed by atoms with van der Waals surface area (Å²) in [4.78, 5) is 80.3. The Hall–Kier alpha value is -3.78. The van der Waals surface area contributed by atoms with E-state index in [4.69, 9.17) is 28.4 Å². The summed E-state index contributed by atoms with van der Waals surface area (Å²) in [6.07, 6.45) is -9.09. The summed E-state index contributed by atoms with van der Waals surface area (Å²) in [5.74, 6) is -5.82. The Morgan fingerprint density at radius 3 is 1.29 bits per heavy atom. The van der Waals surface area contributed by atoms with Crippen LogP contribution in [0.1, 0.15) is 41.5 Å². The lowest BCUT2D eigenvalue weighted by molar-refractivity contribution is -0.493. The number of nitro groups is 1. The number of nitrogens with zero attached hydrogens (tertiary/aromatic N) is 1. The lowest BCUT2D eigenvalue weighted by atomic mass is 9.97. The Balaban J connectivity index is 6.76. The topological polar surface area (TPSA) is 201 Å². The highest BCUT2D eigenvalue weighted by atomic mass is 16.7. The lowest BCUT2D eigenvalue weighted by Crippen LogP contribution is -2.57. The van der Waals surface area contributed by atoms with Crippen molar-refractivity contribution in [3.63, 3.8) is 0 Å². The fourth-order valence-corrected chi connectivity index (χ4v) is 2.78. The molecule has 0 N–H and O–H groups in total. The maximum absolute atomic E-state index is 11.9. The minimum atomic E-state index is -1.91. The van der Waals surface area contributed by atoms with Crippen LogP contribution in [0.15, 0.2) is 0 Å². The first-order chi connectivity index (χ1) is 15.6. The van der Waals surface area contributed by atoms with Crippen LogP contribution < -0.4 is 0 Å². The zero-order valence-corrected chi connectivity index (χ0v) is 19.5. The second-order valence-corrected chi connectivity index (χ2v) is 6.84. The van der Waals surface area contributed by atoms with Crippen molar-refractivity contribution in [2.24, 2.45) is 0 Å². The van der Waals surface area contributed by atoms with Crippen molar-refractivity contribution in [3.05, 3.63) is 10.1 Å². The second kappa shape index (κ2) is 14.4. The zero-order valence-electron chi connectivity index (χ0n) is 19.5. The zero-order chi connectivity index (χ0) is 26.6. The molecule has 0 aliphatic carbocycles. The van der Waals surface area contributed by atoms with Crippen molar-refractivity contribution in [1.29, 1.82) is 0 Å². The van der Waals surface area contributed by atoms with E-state index >= 15 is 0 Å². The predicted octanol–water partition coefficient (Wildman–Crippen LogP) is -0.515. The van der Waals surface area contributed by atoms with Crippen LogP contribution in [0.5, 0.6) is 0 Å². The van der Waals surface area contributed by atoms with E-state index in [1.165, 1.54) is 0 Å². The van der Waals surface area contributed by atoms with Gasteiger partial charge in [0.15, 0.2) is 24.4 Å². The van der Waals surface area contributed by atoms with Crippen LogP contribution in [-0.4, -0.2) is 84.4 Å². The fourth-order valence-electron chi connectivity index (χ4n) is 2.78. The summed E-state index contributed by atoms with van der Waals surface area (Å²) in [5, 5.41) is 11.2. The molecule has 0 heterocycles. The van der Waals surface area contributed by atoms with Crippen LogP contribution in [0.25, 0.3) is 0 Å². The van der Waals surface area contributed by atoms with Gasteiger partial charge in [0.25, 0.3) is 0 Å². The Bertz CT molecular complexity index is 778. The molecule has 15 nitrogen and oxygen atoms in total. The monoisotopic (exact) mass is 493 g/mol. The van der Waals surface area contributed by atoms with Crippen molar-refractivity contribution in [2.45, 2.75) is 72.1 Å². The van der Waals surface area contributed by atoms with Gasteiger partial charge < -0.3 is 28.4 Å². The summed E-state index contributed by atoms with van der Waals surface area (Å²) in [5.41, 5.74) is 0. The van der Waals surface area contributed by atoms with Crippen molar-refractivity contribution >= 4 is 35.8 Å². The van der Waals surface area contributed by atoms with Gasteiger partial charge in [-0.3, -0.25) is 38.9 Å². The molecule has 0 aliphatic heterocycles. The number of esters is 6. The van der Waals surface area contributed by atoms with Crippen molar-refractivity contribution in [1.82, 2.24) is 0 Å². The van der Waals surface area contributed by atoms with Gasteiger partial charge in [-0.1, -0.05) is 0 Å². The average molecular weight is 493 g/mol. The number of rotatable bonds is 13. The normalized spacial score (nSPS) is 14.8. The van der Waals surface area contributed by atoms with E-state index in [1.807, 2.05) is 0 Å². The molecule has 0 unspecified atom stereocenters. The van der Waals surface area contributed by atoms with Crippen LogP contribution in [-0.2, 0) is 57.2 Å². The summed E-state index contributed by atoms with van der Waals surface area (Å²) < 4.78 is 30.2. The maximum Gasteiger partial charge on any atom is 0.303 e. The highest BCUT2D eigenvalue weighted by molar-refractivity contribution is 5.70. The number of hydrogen-bond donors (Lipinski definition) is 0. The number of carbonyl (C=O) groups is 6. The largest absolute Gasteiger partial charge is 0.462 e. The molecule has 34 heavy (non-hydrogen) atoms. The third-order valence-electron chi connectivity index (χ3n) is 3.70. The van der Waals surface area contributed by atoms with Crippen molar-refractivity contribution in [3.8, 4) is 0 Å². The van der Waals surface area contributed by atoms with E-state index < -0.39 is 84.4 Å². The number of carbonyl (C=O) groups excluding carboxylic acids is 6. The Labute approximate surface area is 194 Å². The highest BCUT2D eigenvalue weighted by Gasteiger charge is 2.49. The summed E-state index contributed by atoms with van der Waals surface area (Å²) in [6, 6.07) is 0. The third kappa shape index (κ3) is 12.3. The SMILES string of the molecule is CC(=O)OC[C@@H](OC(C)=O)[C@H](OC(C)=O)[C@@H](OC(C)=O)[C@@H](OC(C)=O)[C@@H](C[N+](=O)[O-])OC(C)=O. The number of hydrogen-bond acceptors (Lipinski definition) is 14.